The third-order valence-electron chi connectivity index (χ3n) is 3.16. The molecule has 22 heavy (non-hydrogen) atoms. The largest absolute Gasteiger partial charge is 0.388 e. The molecule has 0 saturated carbocycles. The molecule has 0 bridgehead atoms. The second kappa shape index (κ2) is 8.67. The highest BCUT2D eigenvalue weighted by molar-refractivity contribution is 6.18. The van der Waals surface area contributed by atoms with Gasteiger partial charge in [-0.1, -0.05) is 0 Å². The van der Waals surface area contributed by atoms with Crippen molar-refractivity contribution >= 4 is 23.3 Å². The van der Waals surface area contributed by atoms with Crippen LogP contribution in [0.5, 0.6) is 0 Å². The maximum atomic E-state index is 10.1. The number of ether oxygens (including phenoxy) is 1. The number of aliphatic hydroxyl groups excluding tert-OH is 1. The lowest BCUT2D eigenvalue weighted by atomic mass is 10.2. The molecule has 0 aromatic heterocycles. The number of alkyl halides is 1. The van der Waals surface area contributed by atoms with E-state index < -0.39 is 6.41 Å². The Hall–Kier alpha value is -0.890. The first-order valence-corrected chi connectivity index (χ1v) is 7.97. The number of aliphatic imine (C=N–C) groups is 2. The summed E-state index contributed by atoms with van der Waals surface area (Å²) in [6.07, 6.45) is -0.889. The molecule has 1 rings (SSSR count). The van der Waals surface area contributed by atoms with Gasteiger partial charge in [0.2, 0.25) is 6.41 Å². The normalized spacial score (nSPS) is 20.4. The fraction of sp³-hybridized carbons (Fsp3) is 0.857. The molecular formula is C14H28ClN5O2. The van der Waals surface area contributed by atoms with Crippen LogP contribution in [0, 0.1) is 0 Å². The summed E-state index contributed by atoms with van der Waals surface area (Å²) in [6.45, 7) is 10.8. The van der Waals surface area contributed by atoms with Crippen LogP contribution in [-0.4, -0.2) is 77.3 Å². The summed E-state index contributed by atoms with van der Waals surface area (Å²) in [5.41, 5.74) is 5.19. The summed E-state index contributed by atoms with van der Waals surface area (Å²) in [5.74, 6) is 1.35. The number of nitrogens with two attached hydrogens (primary N) is 1. The van der Waals surface area contributed by atoms with E-state index in [-0.39, 0.29) is 11.6 Å². The zero-order valence-corrected chi connectivity index (χ0v) is 14.7. The smallest absolute Gasteiger partial charge is 0.216 e. The summed E-state index contributed by atoms with van der Waals surface area (Å²) < 4.78 is 5.57. The fourth-order valence-electron chi connectivity index (χ4n) is 2.11. The lowest BCUT2D eigenvalue weighted by Gasteiger charge is -2.39. The topological polar surface area (TPSA) is 86.7 Å². The molecule has 1 aliphatic heterocycles. The van der Waals surface area contributed by atoms with Gasteiger partial charge in [0, 0.05) is 26.2 Å². The zero-order chi connectivity index (χ0) is 16.8. The van der Waals surface area contributed by atoms with E-state index in [0.29, 0.717) is 25.5 Å². The second-order valence-electron chi connectivity index (χ2n) is 6.23. The number of hydrogen-bond donors (Lipinski definition) is 2. The van der Waals surface area contributed by atoms with E-state index in [9.17, 15) is 5.11 Å². The summed E-state index contributed by atoms with van der Waals surface area (Å²) in [4.78, 5) is 12.5. The molecule has 1 aliphatic rings. The number of aliphatic hydroxyl groups is 1. The molecule has 0 aromatic carbocycles. The van der Waals surface area contributed by atoms with Crippen LogP contribution in [0.25, 0.3) is 0 Å². The third-order valence-corrected chi connectivity index (χ3v) is 3.28. The van der Waals surface area contributed by atoms with Gasteiger partial charge in [-0.25, -0.2) is 0 Å². The van der Waals surface area contributed by atoms with E-state index in [1.807, 2.05) is 25.7 Å². The van der Waals surface area contributed by atoms with Crippen LogP contribution in [0.4, 0.5) is 0 Å². The Kier molecular flexibility index (Phi) is 7.55. The average Bonchev–Trinajstić information content (AvgIpc) is 2.41. The molecule has 1 heterocycles. The lowest BCUT2D eigenvalue weighted by molar-refractivity contribution is -0.242. The quantitative estimate of drug-likeness (QED) is 0.254. The van der Waals surface area contributed by atoms with E-state index in [2.05, 4.69) is 14.9 Å². The molecule has 0 radical (unpaired) electrons. The molecule has 7 nitrogen and oxygen atoms in total. The first kappa shape index (κ1) is 19.2. The van der Waals surface area contributed by atoms with Crippen molar-refractivity contribution in [2.45, 2.75) is 39.7 Å². The zero-order valence-electron chi connectivity index (χ0n) is 13.9. The highest BCUT2D eigenvalue weighted by atomic mass is 35.5. The van der Waals surface area contributed by atoms with Crippen molar-refractivity contribution in [2.24, 2.45) is 15.7 Å². The Balaban J connectivity index is 2.55. The van der Waals surface area contributed by atoms with Gasteiger partial charge in [0.1, 0.15) is 11.8 Å². The Labute approximate surface area is 137 Å². The van der Waals surface area contributed by atoms with Crippen molar-refractivity contribution < 1.29 is 9.84 Å². The monoisotopic (exact) mass is 333 g/mol. The summed E-state index contributed by atoms with van der Waals surface area (Å²) >= 11 is 5.72. The molecule has 0 aromatic rings. The Bertz CT molecular complexity index is 397. The molecule has 8 heteroatoms. The van der Waals surface area contributed by atoms with Gasteiger partial charge in [0.15, 0.2) is 0 Å². The van der Waals surface area contributed by atoms with Crippen molar-refractivity contribution in [3.63, 3.8) is 0 Å². The van der Waals surface area contributed by atoms with Gasteiger partial charge in [0.05, 0.1) is 18.0 Å². The fourth-order valence-corrected chi connectivity index (χ4v) is 2.24. The maximum Gasteiger partial charge on any atom is 0.216 e. The number of amidine groups is 2. The highest BCUT2D eigenvalue weighted by Gasteiger charge is 2.27. The van der Waals surface area contributed by atoms with Crippen molar-refractivity contribution in [3.8, 4) is 0 Å². The number of halogens is 1. The molecule has 0 aliphatic carbocycles. The second-order valence-corrected chi connectivity index (χ2v) is 6.47. The van der Waals surface area contributed by atoms with Gasteiger partial charge in [-0.3, -0.25) is 14.9 Å². The average molecular weight is 334 g/mol. The maximum absolute atomic E-state index is 10.1. The van der Waals surface area contributed by atoms with E-state index in [4.69, 9.17) is 22.1 Å². The minimum absolute atomic E-state index is 0.199. The summed E-state index contributed by atoms with van der Waals surface area (Å²) in [7, 11) is 0. The van der Waals surface area contributed by atoms with Crippen molar-refractivity contribution in [2.75, 3.05) is 38.7 Å². The van der Waals surface area contributed by atoms with Crippen LogP contribution in [0.15, 0.2) is 9.98 Å². The van der Waals surface area contributed by atoms with Gasteiger partial charge in [-0.2, -0.15) is 0 Å². The van der Waals surface area contributed by atoms with Crippen molar-refractivity contribution in [3.05, 3.63) is 0 Å². The number of hydrogen-bond acceptors (Lipinski definition) is 5. The molecule has 0 spiro atoms. The third kappa shape index (κ3) is 6.91. The van der Waals surface area contributed by atoms with Gasteiger partial charge in [-0.05, 0) is 27.7 Å². The molecular weight excluding hydrogens is 306 g/mol. The summed E-state index contributed by atoms with van der Waals surface area (Å²) in [6, 6.07) is 0.199. The highest BCUT2D eigenvalue weighted by Crippen LogP contribution is 2.14. The van der Waals surface area contributed by atoms with Crippen LogP contribution in [-0.2, 0) is 4.74 Å². The Morgan fingerprint density at radius 2 is 1.86 bits per heavy atom. The van der Waals surface area contributed by atoms with Gasteiger partial charge in [0.25, 0.3) is 0 Å². The standard InChI is InChI=1S/C14H28ClN5O2/c1-11(16)17-9-12(18-10-15)19-5-7-20(8-6-19)13(21)22-14(2,3)4/h13,21H,5-10H2,1-4H3,(H2,16,17)/b18-12+/t13-/m0/s1. The number of rotatable bonds is 5. The van der Waals surface area contributed by atoms with E-state index in [1.54, 1.807) is 6.92 Å². The van der Waals surface area contributed by atoms with Crippen molar-refractivity contribution in [1.82, 2.24) is 9.80 Å². The molecule has 3 N–H and O–H groups in total. The first-order chi connectivity index (χ1) is 10.2. The first-order valence-electron chi connectivity index (χ1n) is 7.43. The molecule has 1 atom stereocenters. The summed E-state index contributed by atoms with van der Waals surface area (Å²) in [5, 5.41) is 10.1. The van der Waals surface area contributed by atoms with E-state index in [1.165, 1.54) is 0 Å². The Morgan fingerprint density at radius 3 is 2.32 bits per heavy atom. The van der Waals surface area contributed by atoms with Crippen LogP contribution in [0.3, 0.4) is 0 Å². The molecule has 0 amide bonds. The molecule has 1 saturated heterocycles. The van der Waals surface area contributed by atoms with Gasteiger partial charge in [-0.15, -0.1) is 11.6 Å². The van der Waals surface area contributed by atoms with Gasteiger partial charge >= 0.3 is 0 Å². The van der Waals surface area contributed by atoms with Crippen LogP contribution in [0.1, 0.15) is 27.7 Å². The van der Waals surface area contributed by atoms with Crippen molar-refractivity contribution in [1.29, 1.82) is 0 Å². The van der Waals surface area contributed by atoms with Gasteiger partial charge < -0.3 is 20.5 Å². The lowest BCUT2D eigenvalue weighted by Crippen LogP contribution is -2.54. The predicted molar refractivity (Wildman–Crippen MR) is 90.3 cm³/mol. The molecule has 128 valence electrons. The Morgan fingerprint density at radius 1 is 1.27 bits per heavy atom. The van der Waals surface area contributed by atoms with Crippen LogP contribution >= 0.6 is 11.6 Å². The van der Waals surface area contributed by atoms with Crippen LogP contribution in [0.2, 0.25) is 0 Å². The molecule has 0 unspecified atom stereocenters. The number of piperazine rings is 1. The van der Waals surface area contributed by atoms with Crippen LogP contribution < -0.4 is 5.73 Å². The minimum atomic E-state index is -0.889. The van der Waals surface area contributed by atoms with E-state index >= 15 is 0 Å². The SMILES string of the molecule is C/C(N)=N/C/C(=N\CCl)N1CCN([C@@H](O)OC(C)(C)C)CC1. The molecule has 1 fully saturated rings. The predicted octanol–water partition coefficient (Wildman–Crippen LogP) is 0.667. The minimum Gasteiger partial charge on any atom is -0.388 e. The number of nitrogens with zero attached hydrogens (tertiary/aromatic N) is 4. The van der Waals surface area contributed by atoms with E-state index in [0.717, 1.165) is 18.9 Å².